The molecule has 132 valence electrons. The molecule has 0 saturated heterocycles. The molecule has 1 atom stereocenters. The molecule has 1 N–H and O–H groups in total. The second kappa shape index (κ2) is 8.14. The molecular weight excluding hydrogens is 324 g/mol. The molecule has 2 rings (SSSR count). The van der Waals surface area contributed by atoms with Gasteiger partial charge >= 0.3 is 0 Å². The molecular formula is C18H20N2O5. The number of carbonyl (C=O) groups is 1. The Balaban J connectivity index is 2.18. The standard InChI is InChI=1S/C18H20N2O5/c1-4-15(25-17-8-6-5-7-16(17)24-3)18(21)19-14-11-13(20(22)23)10-9-12(14)2/h5-11,15H,4H2,1-3H3,(H,19,21)/t15-/m1/s1. The number of hydrogen-bond acceptors (Lipinski definition) is 5. The van der Waals surface area contributed by atoms with Crippen molar-refractivity contribution in [2.45, 2.75) is 26.4 Å². The largest absolute Gasteiger partial charge is 0.493 e. The van der Waals surface area contributed by atoms with Crippen LogP contribution in [-0.4, -0.2) is 24.0 Å². The minimum Gasteiger partial charge on any atom is -0.493 e. The number of rotatable bonds is 7. The summed E-state index contributed by atoms with van der Waals surface area (Å²) < 4.78 is 11.0. The third kappa shape index (κ3) is 4.47. The Hall–Kier alpha value is -3.09. The Labute approximate surface area is 145 Å². The van der Waals surface area contributed by atoms with E-state index in [9.17, 15) is 14.9 Å². The van der Waals surface area contributed by atoms with E-state index in [-0.39, 0.29) is 11.6 Å². The van der Waals surface area contributed by atoms with Gasteiger partial charge in [-0.25, -0.2) is 0 Å². The number of methoxy groups -OCH3 is 1. The highest BCUT2D eigenvalue weighted by atomic mass is 16.6. The predicted molar refractivity (Wildman–Crippen MR) is 94.2 cm³/mol. The maximum absolute atomic E-state index is 12.5. The SMILES string of the molecule is CC[C@@H](Oc1ccccc1OC)C(=O)Nc1cc([N+](=O)[O-])ccc1C. The Morgan fingerprint density at radius 3 is 2.52 bits per heavy atom. The lowest BCUT2D eigenvalue weighted by Gasteiger charge is -2.19. The van der Waals surface area contributed by atoms with Gasteiger partial charge in [-0.15, -0.1) is 0 Å². The Bertz CT molecular complexity index is 776. The molecule has 0 aliphatic carbocycles. The summed E-state index contributed by atoms with van der Waals surface area (Å²) in [4.78, 5) is 22.9. The van der Waals surface area contributed by atoms with Gasteiger partial charge in [0, 0.05) is 12.1 Å². The van der Waals surface area contributed by atoms with Gasteiger partial charge in [0.2, 0.25) is 0 Å². The summed E-state index contributed by atoms with van der Waals surface area (Å²) >= 11 is 0. The third-order valence-electron chi connectivity index (χ3n) is 3.69. The Morgan fingerprint density at radius 2 is 1.92 bits per heavy atom. The molecule has 0 aromatic heterocycles. The van der Waals surface area contributed by atoms with Crippen LogP contribution in [0.2, 0.25) is 0 Å². The molecule has 0 unspecified atom stereocenters. The minimum atomic E-state index is -0.755. The number of benzene rings is 2. The van der Waals surface area contributed by atoms with E-state index in [1.807, 2.05) is 6.92 Å². The summed E-state index contributed by atoms with van der Waals surface area (Å²) in [7, 11) is 1.52. The molecule has 1 amide bonds. The van der Waals surface area contributed by atoms with Crippen molar-refractivity contribution in [2.24, 2.45) is 0 Å². The number of para-hydroxylation sites is 2. The van der Waals surface area contributed by atoms with Gasteiger partial charge in [0.15, 0.2) is 17.6 Å². The topological polar surface area (TPSA) is 90.7 Å². The van der Waals surface area contributed by atoms with Gasteiger partial charge < -0.3 is 14.8 Å². The third-order valence-corrected chi connectivity index (χ3v) is 3.69. The average Bonchev–Trinajstić information content (AvgIpc) is 2.61. The predicted octanol–water partition coefficient (Wildman–Crippen LogP) is 3.71. The summed E-state index contributed by atoms with van der Waals surface area (Å²) in [6.07, 6.45) is -0.326. The van der Waals surface area contributed by atoms with Crippen LogP contribution in [0.4, 0.5) is 11.4 Å². The first-order valence-electron chi connectivity index (χ1n) is 7.81. The quantitative estimate of drug-likeness (QED) is 0.611. The maximum Gasteiger partial charge on any atom is 0.271 e. The van der Waals surface area contributed by atoms with Crippen LogP contribution in [0.15, 0.2) is 42.5 Å². The van der Waals surface area contributed by atoms with Crippen molar-refractivity contribution in [3.8, 4) is 11.5 Å². The molecule has 2 aromatic rings. The maximum atomic E-state index is 12.5. The lowest BCUT2D eigenvalue weighted by Crippen LogP contribution is -2.32. The van der Waals surface area contributed by atoms with E-state index in [1.165, 1.54) is 19.2 Å². The highest BCUT2D eigenvalue weighted by molar-refractivity contribution is 5.95. The van der Waals surface area contributed by atoms with Crippen molar-refractivity contribution >= 4 is 17.3 Å². The van der Waals surface area contributed by atoms with E-state index >= 15 is 0 Å². The van der Waals surface area contributed by atoms with E-state index in [0.717, 1.165) is 5.56 Å². The fraction of sp³-hybridized carbons (Fsp3) is 0.278. The minimum absolute atomic E-state index is 0.0837. The number of carbonyl (C=O) groups excluding carboxylic acids is 1. The zero-order valence-electron chi connectivity index (χ0n) is 14.3. The number of nitrogens with one attached hydrogen (secondary N) is 1. The highest BCUT2D eigenvalue weighted by Gasteiger charge is 2.21. The number of nitro groups is 1. The van der Waals surface area contributed by atoms with Crippen LogP contribution in [0.25, 0.3) is 0 Å². The van der Waals surface area contributed by atoms with Crippen molar-refractivity contribution in [1.82, 2.24) is 0 Å². The molecule has 0 fully saturated rings. The van der Waals surface area contributed by atoms with E-state index in [1.54, 1.807) is 37.3 Å². The van der Waals surface area contributed by atoms with Gasteiger partial charge in [0.1, 0.15) is 0 Å². The lowest BCUT2D eigenvalue weighted by atomic mass is 10.1. The van der Waals surface area contributed by atoms with Crippen molar-refractivity contribution in [1.29, 1.82) is 0 Å². The molecule has 25 heavy (non-hydrogen) atoms. The van der Waals surface area contributed by atoms with E-state index < -0.39 is 11.0 Å². The van der Waals surface area contributed by atoms with E-state index in [2.05, 4.69) is 5.32 Å². The van der Waals surface area contributed by atoms with Crippen LogP contribution in [0.3, 0.4) is 0 Å². The number of anilines is 1. The molecule has 0 bridgehead atoms. The fourth-order valence-corrected chi connectivity index (χ4v) is 2.26. The summed E-state index contributed by atoms with van der Waals surface area (Å²) in [5.41, 5.74) is 1.03. The van der Waals surface area contributed by atoms with Crippen molar-refractivity contribution in [2.75, 3.05) is 12.4 Å². The molecule has 0 spiro atoms. The molecule has 0 aliphatic heterocycles. The molecule has 7 heteroatoms. The van der Waals surface area contributed by atoms with Crippen molar-refractivity contribution in [3.63, 3.8) is 0 Å². The van der Waals surface area contributed by atoms with Gasteiger partial charge in [-0.1, -0.05) is 25.1 Å². The summed E-state index contributed by atoms with van der Waals surface area (Å²) in [6, 6.07) is 11.4. The van der Waals surface area contributed by atoms with Gasteiger partial charge in [-0.05, 0) is 31.0 Å². The van der Waals surface area contributed by atoms with Crippen LogP contribution in [-0.2, 0) is 4.79 Å². The van der Waals surface area contributed by atoms with Gasteiger partial charge in [-0.3, -0.25) is 14.9 Å². The Kier molecular flexibility index (Phi) is 5.94. The molecule has 2 aromatic carbocycles. The summed E-state index contributed by atoms with van der Waals surface area (Å²) in [6.45, 7) is 3.58. The number of nitro benzene ring substituents is 1. The molecule has 0 radical (unpaired) electrons. The zero-order chi connectivity index (χ0) is 18.4. The Morgan fingerprint density at radius 1 is 1.24 bits per heavy atom. The zero-order valence-corrected chi connectivity index (χ0v) is 14.3. The number of hydrogen-bond donors (Lipinski definition) is 1. The average molecular weight is 344 g/mol. The van der Waals surface area contributed by atoms with Gasteiger partial charge in [-0.2, -0.15) is 0 Å². The van der Waals surface area contributed by atoms with E-state index in [4.69, 9.17) is 9.47 Å². The highest BCUT2D eigenvalue weighted by Crippen LogP contribution is 2.28. The first-order valence-corrected chi connectivity index (χ1v) is 7.81. The van der Waals surface area contributed by atoms with Crippen LogP contribution in [0.5, 0.6) is 11.5 Å². The fourth-order valence-electron chi connectivity index (χ4n) is 2.26. The van der Waals surface area contributed by atoms with Crippen LogP contribution < -0.4 is 14.8 Å². The second-order valence-electron chi connectivity index (χ2n) is 5.41. The van der Waals surface area contributed by atoms with Crippen LogP contribution in [0, 0.1) is 17.0 Å². The first kappa shape index (κ1) is 18.3. The number of ether oxygens (including phenoxy) is 2. The van der Waals surface area contributed by atoms with Gasteiger partial charge in [0.05, 0.1) is 17.7 Å². The number of aryl methyl sites for hydroxylation is 1. The normalized spacial score (nSPS) is 11.5. The van der Waals surface area contributed by atoms with Crippen molar-refractivity contribution < 1.29 is 19.2 Å². The van der Waals surface area contributed by atoms with Gasteiger partial charge in [0.25, 0.3) is 11.6 Å². The van der Waals surface area contributed by atoms with Crippen LogP contribution >= 0.6 is 0 Å². The van der Waals surface area contributed by atoms with Crippen molar-refractivity contribution in [3.05, 3.63) is 58.1 Å². The number of amides is 1. The van der Waals surface area contributed by atoms with Crippen LogP contribution in [0.1, 0.15) is 18.9 Å². The smallest absolute Gasteiger partial charge is 0.271 e. The first-order chi connectivity index (χ1) is 12.0. The lowest BCUT2D eigenvalue weighted by molar-refractivity contribution is -0.384. The number of nitrogens with zero attached hydrogens (tertiary/aromatic N) is 1. The monoisotopic (exact) mass is 344 g/mol. The molecule has 0 aliphatic rings. The number of non-ortho nitro benzene ring substituents is 1. The molecule has 7 nitrogen and oxygen atoms in total. The summed E-state index contributed by atoms with van der Waals surface area (Å²) in [5.74, 6) is 0.611. The molecule has 0 saturated carbocycles. The molecule has 0 heterocycles. The second-order valence-corrected chi connectivity index (χ2v) is 5.41. The van der Waals surface area contributed by atoms with E-state index in [0.29, 0.717) is 23.6 Å². The summed E-state index contributed by atoms with van der Waals surface area (Å²) in [5, 5.41) is 13.6.